The highest BCUT2D eigenvalue weighted by Gasteiger charge is 2.07. The largest absolute Gasteiger partial charge is 0.348 e. The third-order valence-corrected chi connectivity index (χ3v) is 5.13. The summed E-state index contributed by atoms with van der Waals surface area (Å²) >= 11 is 0. The number of aromatic nitrogens is 2. The minimum Gasteiger partial charge on any atom is -0.348 e. The van der Waals surface area contributed by atoms with Crippen LogP contribution in [0.25, 0.3) is 11.3 Å². The maximum Gasteiger partial charge on any atom is 0.251 e. The normalized spacial score (nSPS) is 10.5. The highest BCUT2D eigenvalue weighted by molar-refractivity contribution is 5.94. The number of carbonyl (C=O) groups is 1. The molecule has 1 amide bonds. The minimum absolute atomic E-state index is 0.0986. The fourth-order valence-electron chi connectivity index (χ4n) is 3.25. The monoisotopic (exact) mass is 408 g/mol. The molecule has 4 rings (SSSR count). The number of benzene rings is 3. The molecule has 0 aliphatic rings. The van der Waals surface area contributed by atoms with Crippen molar-refractivity contribution in [1.29, 1.82) is 0 Å². The summed E-state index contributed by atoms with van der Waals surface area (Å²) < 4.78 is 0. The van der Waals surface area contributed by atoms with Crippen LogP contribution in [-0.2, 0) is 6.54 Å². The number of nitrogens with one attached hydrogen (secondary N) is 2. The van der Waals surface area contributed by atoms with Crippen LogP contribution in [0.5, 0.6) is 0 Å². The Morgan fingerprint density at radius 1 is 0.871 bits per heavy atom. The van der Waals surface area contributed by atoms with Gasteiger partial charge in [-0.2, -0.15) is 0 Å². The van der Waals surface area contributed by atoms with Crippen LogP contribution in [0.1, 0.15) is 27.0 Å². The quantitative estimate of drug-likeness (QED) is 0.446. The molecule has 0 unspecified atom stereocenters. The van der Waals surface area contributed by atoms with Gasteiger partial charge in [-0.3, -0.25) is 4.79 Å². The van der Waals surface area contributed by atoms with E-state index in [0.29, 0.717) is 17.9 Å². The molecular weight excluding hydrogens is 384 g/mol. The fourth-order valence-corrected chi connectivity index (χ4v) is 3.25. The second-order valence-corrected chi connectivity index (χ2v) is 7.47. The van der Waals surface area contributed by atoms with Crippen LogP contribution in [0, 0.1) is 13.8 Å². The van der Waals surface area contributed by atoms with Crippen LogP contribution >= 0.6 is 0 Å². The highest BCUT2D eigenvalue weighted by Crippen LogP contribution is 2.21. The smallest absolute Gasteiger partial charge is 0.251 e. The lowest BCUT2D eigenvalue weighted by atomic mass is 10.1. The van der Waals surface area contributed by atoms with Crippen LogP contribution < -0.4 is 10.6 Å². The van der Waals surface area contributed by atoms with E-state index < -0.39 is 0 Å². The summed E-state index contributed by atoms with van der Waals surface area (Å²) in [7, 11) is 0. The van der Waals surface area contributed by atoms with Gasteiger partial charge in [0.15, 0.2) is 0 Å². The van der Waals surface area contributed by atoms with Crippen LogP contribution in [0.2, 0.25) is 0 Å². The Bertz CT molecular complexity index is 1180. The average Bonchev–Trinajstić information content (AvgIpc) is 2.79. The Hall–Kier alpha value is -3.99. The Kier molecular flexibility index (Phi) is 6.03. The summed E-state index contributed by atoms with van der Waals surface area (Å²) in [5, 5.41) is 6.25. The zero-order chi connectivity index (χ0) is 21.6. The first kappa shape index (κ1) is 20.3. The molecule has 3 aromatic carbocycles. The maximum atomic E-state index is 12.5. The van der Waals surface area contributed by atoms with Gasteiger partial charge in [-0.1, -0.05) is 54.1 Å². The van der Waals surface area contributed by atoms with E-state index in [4.69, 9.17) is 0 Å². The SMILES string of the molecule is Cc1ccc(-c2cc(Nc3ccc(C(=O)NCc4ccccc4C)cc3)ncn2)cc1. The molecule has 1 heterocycles. The van der Waals surface area contributed by atoms with E-state index in [2.05, 4.69) is 39.7 Å². The lowest BCUT2D eigenvalue weighted by Crippen LogP contribution is -2.23. The van der Waals surface area contributed by atoms with Gasteiger partial charge >= 0.3 is 0 Å². The highest BCUT2D eigenvalue weighted by atomic mass is 16.1. The molecule has 0 radical (unpaired) electrons. The molecule has 0 aliphatic heterocycles. The van der Waals surface area contributed by atoms with E-state index in [9.17, 15) is 4.79 Å². The van der Waals surface area contributed by atoms with Crippen molar-refractivity contribution in [2.24, 2.45) is 0 Å². The van der Waals surface area contributed by atoms with E-state index >= 15 is 0 Å². The van der Waals surface area contributed by atoms with E-state index in [1.165, 1.54) is 5.56 Å². The summed E-state index contributed by atoms with van der Waals surface area (Å²) in [6.45, 7) is 4.61. The minimum atomic E-state index is -0.0986. The van der Waals surface area contributed by atoms with Crippen molar-refractivity contribution in [3.05, 3.63) is 107 Å². The molecular formula is C26H24N4O. The van der Waals surface area contributed by atoms with Crippen LogP contribution in [0.4, 0.5) is 11.5 Å². The molecule has 0 saturated heterocycles. The second kappa shape index (κ2) is 9.22. The number of anilines is 2. The predicted molar refractivity (Wildman–Crippen MR) is 124 cm³/mol. The Morgan fingerprint density at radius 3 is 2.35 bits per heavy atom. The first-order valence-corrected chi connectivity index (χ1v) is 10.2. The second-order valence-electron chi connectivity index (χ2n) is 7.47. The number of rotatable bonds is 6. The zero-order valence-electron chi connectivity index (χ0n) is 17.6. The van der Waals surface area contributed by atoms with Crippen molar-refractivity contribution >= 4 is 17.4 Å². The van der Waals surface area contributed by atoms with Crippen molar-refractivity contribution in [3.8, 4) is 11.3 Å². The van der Waals surface area contributed by atoms with Gasteiger partial charge in [-0.05, 0) is 49.2 Å². The molecule has 0 saturated carbocycles. The third kappa shape index (κ3) is 5.14. The van der Waals surface area contributed by atoms with Gasteiger partial charge < -0.3 is 10.6 Å². The average molecular weight is 409 g/mol. The molecule has 0 aliphatic carbocycles. The van der Waals surface area contributed by atoms with E-state index in [-0.39, 0.29) is 5.91 Å². The predicted octanol–water partition coefficient (Wildman–Crippen LogP) is 5.43. The first-order valence-electron chi connectivity index (χ1n) is 10.2. The van der Waals surface area contributed by atoms with Gasteiger partial charge in [0.1, 0.15) is 12.1 Å². The van der Waals surface area contributed by atoms with Crippen molar-refractivity contribution in [1.82, 2.24) is 15.3 Å². The summed E-state index contributed by atoms with van der Waals surface area (Å²) in [5.74, 6) is 0.598. The van der Waals surface area contributed by atoms with Crippen LogP contribution in [0.3, 0.4) is 0 Å². The number of carbonyl (C=O) groups excluding carboxylic acids is 1. The van der Waals surface area contributed by atoms with Gasteiger partial charge in [0, 0.05) is 29.4 Å². The third-order valence-electron chi connectivity index (χ3n) is 5.13. The zero-order valence-corrected chi connectivity index (χ0v) is 17.6. The molecule has 154 valence electrons. The summed E-state index contributed by atoms with van der Waals surface area (Å²) in [5.41, 5.74) is 6.84. The fraction of sp³-hybridized carbons (Fsp3) is 0.115. The number of hydrogen-bond acceptors (Lipinski definition) is 4. The summed E-state index contributed by atoms with van der Waals surface area (Å²) in [4.78, 5) is 21.1. The van der Waals surface area contributed by atoms with E-state index in [1.54, 1.807) is 18.5 Å². The van der Waals surface area contributed by atoms with Gasteiger partial charge in [-0.15, -0.1) is 0 Å². The summed E-state index contributed by atoms with van der Waals surface area (Å²) in [6, 6.07) is 25.5. The number of amides is 1. The van der Waals surface area contributed by atoms with Gasteiger partial charge in [-0.25, -0.2) is 9.97 Å². The van der Waals surface area contributed by atoms with Crippen molar-refractivity contribution in [3.63, 3.8) is 0 Å². The lowest BCUT2D eigenvalue weighted by molar-refractivity contribution is 0.0951. The van der Waals surface area contributed by atoms with E-state index in [1.807, 2.05) is 61.5 Å². The Balaban J connectivity index is 1.40. The van der Waals surface area contributed by atoms with Crippen LogP contribution in [0.15, 0.2) is 85.2 Å². The van der Waals surface area contributed by atoms with E-state index in [0.717, 1.165) is 28.1 Å². The maximum absolute atomic E-state index is 12.5. The van der Waals surface area contributed by atoms with Crippen molar-refractivity contribution in [2.45, 2.75) is 20.4 Å². The molecule has 5 nitrogen and oxygen atoms in total. The molecule has 31 heavy (non-hydrogen) atoms. The lowest BCUT2D eigenvalue weighted by Gasteiger charge is -2.10. The topological polar surface area (TPSA) is 66.9 Å². The molecule has 4 aromatic rings. The van der Waals surface area contributed by atoms with Crippen molar-refractivity contribution < 1.29 is 4.79 Å². The Morgan fingerprint density at radius 2 is 1.61 bits per heavy atom. The van der Waals surface area contributed by atoms with Gasteiger partial charge in [0.25, 0.3) is 5.91 Å². The van der Waals surface area contributed by atoms with Gasteiger partial charge in [0.2, 0.25) is 0 Å². The molecule has 0 spiro atoms. The van der Waals surface area contributed by atoms with Gasteiger partial charge in [0.05, 0.1) is 5.69 Å². The molecule has 0 fully saturated rings. The Labute approximate surface area is 182 Å². The molecule has 0 atom stereocenters. The summed E-state index contributed by atoms with van der Waals surface area (Å²) in [6.07, 6.45) is 1.55. The number of nitrogens with zero attached hydrogens (tertiary/aromatic N) is 2. The molecule has 1 aromatic heterocycles. The van der Waals surface area contributed by atoms with Crippen molar-refractivity contribution in [2.75, 3.05) is 5.32 Å². The molecule has 5 heteroatoms. The standard InChI is InChI=1S/C26H24N4O/c1-18-7-9-20(10-8-18)24-15-25(29-17-28-24)30-23-13-11-21(12-14-23)26(31)27-16-22-6-4-3-5-19(22)2/h3-15,17H,16H2,1-2H3,(H,27,31)(H,28,29,30). The first-order chi connectivity index (χ1) is 15.1. The molecule has 0 bridgehead atoms. The molecule has 2 N–H and O–H groups in total. The number of hydrogen-bond donors (Lipinski definition) is 2. The number of aryl methyl sites for hydroxylation is 2. The van der Waals surface area contributed by atoms with Crippen LogP contribution in [-0.4, -0.2) is 15.9 Å².